The Morgan fingerprint density at radius 2 is 2.00 bits per heavy atom. The second kappa shape index (κ2) is 9.67. The number of carbonyl (C=O) groups excluding carboxylic acids is 2. The molecule has 3 aromatic heterocycles. The minimum absolute atomic E-state index is 0.00833. The first-order chi connectivity index (χ1) is 16.2. The van der Waals surface area contributed by atoms with E-state index in [4.69, 9.17) is 5.73 Å². The Kier molecular flexibility index (Phi) is 6.68. The number of nitrogens with one attached hydrogen (secondary N) is 2. The van der Waals surface area contributed by atoms with Gasteiger partial charge in [-0.05, 0) is 25.0 Å². The largest absolute Gasteiger partial charge is 0.490 e. The first-order valence-corrected chi connectivity index (χ1v) is 10.7. The van der Waals surface area contributed by atoms with Crippen LogP contribution in [0.15, 0.2) is 30.7 Å². The van der Waals surface area contributed by atoms with Gasteiger partial charge in [-0.2, -0.15) is 18.3 Å². The highest BCUT2D eigenvalue weighted by Crippen LogP contribution is 2.20. The average Bonchev–Trinajstić information content (AvgIpc) is 3.41. The van der Waals surface area contributed by atoms with Gasteiger partial charge < -0.3 is 21.1 Å². The number of aromatic nitrogens is 5. The second-order valence-electron chi connectivity index (χ2n) is 7.92. The fraction of sp³-hybridized carbons (Fsp3) is 0.450. The van der Waals surface area contributed by atoms with E-state index in [1.807, 2.05) is 0 Å². The van der Waals surface area contributed by atoms with Crippen LogP contribution in [0.1, 0.15) is 36.2 Å². The molecule has 0 radical (unpaired) electrons. The van der Waals surface area contributed by atoms with Crippen LogP contribution < -0.4 is 16.4 Å². The molecule has 1 aliphatic rings. The first-order valence-electron chi connectivity index (χ1n) is 10.7. The van der Waals surface area contributed by atoms with Gasteiger partial charge in [0, 0.05) is 18.3 Å². The molecule has 3 aromatic rings. The Labute approximate surface area is 191 Å². The van der Waals surface area contributed by atoms with Crippen molar-refractivity contribution in [3.05, 3.63) is 36.4 Å². The number of nitrogens with two attached hydrogens (primary N) is 1. The lowest BCUT2D eigenvalue weighted by molar-refractivity contribution is -0.199. The highest BCUT2D eigenvalue weighted by Gasteiger charge is 2.40. The Morgan fingerprint density at radius 3 is 2.76 bits per heavy atom. The molecule has 2 atom stereocenters. The lowest BCUT2D eigenvalue weighted by Crippen LogP contribution is -2.43. The highest BCUT2D eigenvalue weighted by atomic mass is 19.4. The van der Waals surface area contributed by atoms with Gasteiger partial charge in [-0.1, -0.05) is 12.8 Å². The van der Waals surface area contributed by atoms with Gasteiger partial charge in [0.05, 0.1) is 30.1 Å². The van der Waals surface area contributed by atoms with Gasteiger partial charge in [0.2, 0.25) is 5.95 Å². The molecule has 0 bridgehead atoms. The van der Waals surface area contributed by atoms with E-state index in [0.29, 0.717) is 17.2 Å². The number of rotatable bonds is 7. The summed E-state index contributed by atoms with van der Waals surface area (Å²) in [5, 5.41) is 14.3. The summed E-state index contributed by atoms with van der Waals surface area (Å²) in [6.45, 7) is -0.634. The molecule has 34 heavy (non-hydrogen) atoms. The van der Waals surface area contributed by atoms with Crippen molar-refractivity contribution < 1.29 is 27.5 Å². The Bertz CT molecular complexity index is 1180. The van der Waals surface area contributed by atoms with Crippen molar-refractivity contribution >= 4 is 29.0 Å². The quantitative estimate of drug-likeness (QED) is 0.436. The van der Waals surface area contributed by atoms with Crippen molar-refractivity contribution in [2.75, 3.05) is 17.2 Å². The van der Waals surface area contributed by atoms with Gasteiger partial charge >= 0.3 is 12.1 Å². The van der Waals surface area contributed by atoms with Crippen LogP contribution in [0.2, 0.25) is 0 Å². The van der Waals surface area contributed by atoms with Crippen molar-refractivity contribution in [2.45, 2.75) is 50.5 Å². The SMILES string of the molecule is N[C@H]1CCCC[C@H]1Nc1ncc2ccc(C(=O)Nc3cnn(CCOC(=O)C(F)(F)F)c3)n2n1. The van der Waals surface area contributed by atoms with Crippen LogP contribution in [0, 0.1) is 0 Å². The minimum atomic E-state index is -5.05. The highest BCUT2D eigenvalue weighted by molar-refractivity contribution is 6.03. The zero-order chi connectivity index (χ0) is 24.3. The van der Waals surface area contributed by atoms with Crippen LogP contribution in [-0.2, 0) is 16.1 Å². The van der Waals surface area contributed by atoms with E-state index in [1.165, 1.54) is 21.6 Å². The predicted molar refractivity (Wildman–Crippen MR) is 114 cm³/mol. The third kappa shape index (κ3) is 5.44. The summed E-state index contributed by atoms with van der Waals surface area (Å²) >= 11 is 0. The van der Waals surface area contributed by atoms with Gasteiger partial charge in [0.25, 0.3) is 5.91 Å². The molecule has 1 aliphatic carbocycles. The number of nitrogens with zero attached hydrogens (tertiary/aromatic N) is 5. The van der Waals surface area contributed by atoms with Gasteiger partial charge in [0.1, 0.15) is 12.3 Å². The zero-order valence-electron chi connectivity index (χ0n) is 18.0. The summed E-state index contributed by atoms with van der Waals surface area (Å²) in [4.78, 5) is 27.8. The molecule has 4 rings (SSSR count). The van der Waals surface area contributed by atoms with Crippen LogP contribution >= 0.6 is 0 Å². The van der Waals surface area contributed by atoms with Crippen LogP contribution in [0.3, 0.4) is 0 Å². The summed E-state index contributed by atoms with van der Waals surface area (Å²) in [6, 6.07) is 3.36. The summed E-state index contributed by atoms with van der Waals surface area (Å²) in [5.74, 6) is -2.38. The maximum absolute atomic E-state index is 12.8. The Morgan fingerprint density at radius 1 is 1.21 bits per heavy atom. The number of esters is 1. The van der Waals surface area contributed by atoms with E-state index in [2.05, 4.69) is 30.6 Å². The fourth-order valence-electron chi connectivity index (χ4n) is 3.70. The van der Waals surface area contributed by atoms with E-state index in [-0.39, 0.29) is 24.3 Å². The number of hydrogen-bond donors (Lipinski definition) is 3. The fourth-order valence-corrected chi connectivity index (χ4v) is 3.70. The lowest BCUT2D eigenvalue weighted by Gasteiger charge is -2.29. The third-order valence-corrected chi connectivity index (χ3v) is 5.44. The molecule has 1 saturated carbocycles. The number of carbonyl (C=O) groups is 2. The molecule has 14 heteroatoms. The lowest BCUT2D eigenvalue weighted by atomic mass is 9.91. The van der Waals surface area contributed by atoms with E-state index in [0.717, 1.165) is 25.7 Å². The molecule has 0 aliphatic heterocycles. The van der Waals surface area contributed by atoms with Crippen LogP contribution in [0.4, 0.5) is 24.8 Å². The number of fused-ring (bicyclic) bond motifs is 1. The summed E-state index contributed by atoms with van der Waals surface area (Å²) in [7, 11) is 0. The van der Waals surface area contributed by atoms with E-state index in [1.54, 1.807) is 18.3 Å². The van der Waals surface area contributed by atoms with Gasteiger partial charge in [-0.15, -0.1) is 5.10 Å². The monoisotopic (exact) mass is 480 g/mol. The van der Waals surface area contributed by atoms with Crippen molar-refractivity contribution in [1.29, 1.82) is 0 Å². The summed E-state index contributed by atoms with van der Waals surface area (Å²) < 4.78 is 43.3. The number of hydrogen-bond acceptors (Lipinski definition) is 8. The molecule has 1 amide bonds. The maximum Gasteiger partial charge on any atom is 0.490 e. The van der Waals surface area contributed by atoms with E-state index in [9.17, 15) is 22.8 Å². The molecule has 1 fully saturated rings. The smallest absolute Gasteiger partial charge is 0.457 e. The van der Waals surface area contributed by atoms with Gasteiger partial charge in [0.15, 0.2) is 0 Å². The number of halogens is 3. The third-order valence-electron chi connectivity index (χ3n) is 5.44. The van der Waals surface area contributed by atoms with Crippen molar-refractivity contribution in [3.8, 4) is 0 Å². The second-order valence-corrected chi connectivity index (χ2v) is 7.92. The number of alkyl halides is 3. The standard InChI is InChI=1S/C20H23F3N8O3/c21-20(22,23)18(33)34-8-7-30-11-12(9-26-30)27-17(32)16-6-5-13-10-25-19(29-31(13)16)28-15-4-2-1-3-14(15)24/h5-6,9-11,14-15H,1-4,7-8,24H2,(H,27,32)(H,28,29)/t14-,15+/m0/s1. The summed E-state index contributed by atoms with van der Waals surface area (Å²) in [6.07, 6.45) is 3.29. The Balaban J connectivity index is 1.39. The Hall–Kier alpha value is -3.68. The normalized spacial score (nSPS) is 18.6. The molecule has 3 heterocycles. The molecular formula is C20H23F3N8O3. The number of anilines is 2. The molecular weight excluding hydrogens is 457 g/mol. The topological polar surface area (TPSA) is 141 Å². The summed E-state index contributed by atoms with van der Waals surface area (Å²) in [5.41, 5.74) is 7.35. The predicted octanol–water partition coefficient (Wildman–Crippen LogP) is 1.97. The van der Waals surface area contributed by atoms with Crippen LogP contribution in [-0.4, -0.2) is 61.1 Å². The van der Waals surface area contributed by atoms with Crippen molar-refractivity contribution in [3.63, 3.8) is 0 Å². The molecule has 182 valence electrons. The zero-order valence-corrected chi connectivity index (χ0v) is 18.0. The van der Waals surface area contributed by atoms with Crippen LogP contribution in [0.5, 0.6) is 0 Å². The number of ether oxygens (including phenoxy) is 1. The molecule has 4 N–H and O–H groups in total. The van der Waals surface area contributed by atoms with Crippen molar-refractivity contribution in [1.82, 2.24) is 24.4 Å². The molecule has 0 unspecified atom stereocenters. The van der Waals surface area contributed by atoms with Gasteiger partial charge in [-0.25, -0.2) is 14.3 Å². The van der Waals surface area contributed by atoms with E-state index >= 15 is 0 Å². The minimum Gasteiger partial charge on any atom is -0.457 e. The maximum atomic E-state index is 12.8. The van der Waals surface area contributed by atoms with Crippen molar-refractivity contribution in [2.24, 2.45) is 5.73 Å². The average molecular weight is 480 g/mol. The molecule has 0 aromatic carbocycles. The molecule has 0 saturated heterocycles. The first kappa shape index (κ1) is 23.5. The number of amides is 1. The molecule has 0 spiro atoms. The van der Waals surface area contributed by atoms with Gasteiger partial charge in [-0.3, -0.25) is 9.48 Å². The van der Waals surface area contributed by atoms with E-state index < -0.39 is 24.7 Å². The van der Waals surface area contributed by atoms with Crippen LogP contribution in [0.25, 0.3) is 5.52 Å². The molecule has 11 nitrogen and oxygen atoms in total.